The van der Waals surface area contributed by atoms with E-state index in [1.54, 1.807) is 31.2 Å². The van der Waals surface area contributed by atoms with Gasteiger partial charge in [0.1, 0.15) is 5.75 Å². The Morgan fingerprint density at radius 3 is 2.83 bits per heavy atom. The van der Waals surface area contributed by atoms with Crippen LogP contribution in [0.15, 0.2) is 47.6 Å². The molecule has 0 aromatic heterocycles. The van der Waals surface area contributed by atoms with E-state index in [-0.39, 0.29) is 0 Å². The number of nitrogens with zero attached hydrogens (tertiary/aromatic N) is 1. The smallest absolute Gasteiger partial charge is 0.437 e. The van der Waals surface area contributed by atoms with Crippen molar-refractivity contribution in [2.75, 3.05) is 11.9 Å². The standard InChI is InChI=1S/C17H15ClN2O3/c1-11(12-2-7-16-13(10-12)8-9-22-16)20-23-17(21)19-15-5-3-14(18)4-6-15/h2-7,10H,8-9H2,1H3,(H,19,21)/b20-11-. The molecular formula is C17H15ClN2O3. The lowest BCUT2D eigenvalue weighted by molar-refractivity contribution is 0.166. The predicted molar refractivity (Wildman–Crippen MR) is 89.4 cm³/mol. The molecule has 0 saturated heterocycles. The first kappa shape index (κ1) is 15.4. The van der Waals surface area contributed by atoms with Crippen LogP contribution in [-0.4, -0.2) is 18.4 Å². The minimum atomic E-state index is -0.656. The molecule has 0 fully saturated rings. The lowest BCUT2D eigenvalue weighted by atomic mass is 10.1. The Kier molecular flexibility index (Phi) is 4.48. The Hall–Kier alpha value is -2.53. The maximum Gasteiger partial charge on any atom is 0.437 e. The number of hydrogen-bond donors (Lipinski definition) is 1. The zero-order chi connectivity index (χ0) is 16.2. The van der Waals surface area contributed by atoms with Crippen LogP contribution < -0.4 is 10.1 Å². The van der Waals surface area contributed by atoms with Gasteiger partial charge in [0.05, 0.1) is 12.3 Å². The Bertz CT molecular complexity index is 757. The van der Waals surface area contributed by atoms with Gasteiger partial charge in [-0.15, -0.1) is 0 Å². The molecule has 5 nitrogen and oxygen atoms in total. The van der Waals surface area contributed by atoms with E-state index in [0.717, 1.165) is 23.3 Å². The van der Waals surface area contributed by atoms with E-state index in [4.69, 9.17) is 21.2 Å². The Balaban J connectivity index is 1.62. The van der Waals surface area contributed by atoms with Crippen LogP contribution in [0.25, 0.3) is 0 Å². The summed E-state index contributed by atoms with van der Waals surface area (Å²) in [5.74, 6) is 0.906. The second-order valence-electron chi connectivity index (χ2n) is 5.11. The molecule has 1 N–H and O–H groups in total. The van der Waals surface area contributed by atoms with E-state index in [9.17, 15) is 4.79 Å². The van der Waals surface area contributed by atoms with Crippen LogP contribution in [-0.2, 0) is 11.3 Å². The molecule has 6 heteroatoms. The summed E-state index contributed by atoms with van der Waals surface area (Å²) in [6.45, 7) is 2.49. The minimum Gasteiger partial charge on any atom is -0.493 e. The van der Waals surface area contributed by atoms with Gasteiger partial charge < -0.3 is 4.74 Å². The average molecular weight is 331 g/mol. The van der Waals surface area contributed by atoms with Crippen molar-refractivity contribution in [3.05, 3.63) is 58.6 Å². The molecule has 0 unspecified atom stereocenters. The number of benzene rings is 2. The fourth-order valence-electron chi connectivity index (χ4n) is 2.25. The molecule has 0 atom stereocenters. The molecule has 2 aromatic carbocycles. The second kappa shape index (κ2) is 6.71. The molecule has 1 heterocycles. The Morgan fingerprint density at radius 2 is 2.04 bits per heavy atom. The number of rotatable bonds is 3. The highest BCUT2D eigenvalue weighted by Gasteiger charge is 2.13. The van der Waals surface area contributed by atoms with E-state index < -0.39 is 6.09 Å². The van der Waals surface area contributed by atoms with Gasteiger partial charge in [-0.3, -0.25) is 10.2 Å². The van der Waals surface area contributed by atoms with Crippen molar-refractivity contribution in [1.82, 2.24) is 0 Å². The van der Waals surface area contributed by atoms with Gasteiger partial charge in [-0.25, -0.2) is 4.79 Å². The van der Waals surface area contributed by atoms with Crippen molar-refractivity contribution in [2.24, 2.45) is 5.16 Å². The molecule has 3 rings (SSSR count). The van der Waals surface area contributed by atoms with Crippen molar-refractivity contribution in [3.8, 4) is 5.75 Å². The summed E-state index contributed by atoms with van der Waals surface area (Å²) >= 11 is 5.78. The third-order valence-electron chi connectivity index (χ3n) is 3.46. The molecule has 0 radical (unpaired) electrons. The number of oxime groups is 1. The second-order valence-corrected chi connectivity index (χ2v) is 5.54. The van der Waals surface area contributed by atoms with Gasteiger partial charge in [-0.2, -0.15) is 0 Å². The van der Waals surface area contributed by atoms with Gasteiger partial charge in [0.25, 0.3) is 0 Å². The number of amides is 1. The fraction of sp³-hybridized carbons (Fsp3) is 0.176. The zero-order valence-electron chi connectivity index (χ0n) is 12.5. The van der Waals surface area contributed by atoms with Crippen molar-refractivity contribution in [2.45, 2.75) is 13.3 Å². The minimum absolute atomic E-state index is 0.585. The molecule has 1 amide bonds. The topological polar surface area (TPSA) is 59.9 Å². The lowest BCUT2D eigenvalue weighted by Gasteiger charge is -2.05. The molecule has 0 bridgehead atoms. The number of carbonyl (C=O) groups excluding carboxylic acids is 1. The van der Waals surface area contributed by atoms with E-state index in [2.05, 4.69) is 10.5 Å². The molecule has 2 aromatic rings. The Labute approximate surface area is 138 Å². The summed E-state index contributed by atoms with van der Waals surface area (Å²) in [7, 11) is 0. The SMILES string of the molecule is C/C(=N/OC(=O)Nc1ccc(Cl)cc1)c1ccc2c(c1)CCO2. The molecule has 1 aliphatic heterocycles. The summed E-state index contributed by atoms with van der Waals surface area (Å²) in [5, 5.41) is 7.04. The third kappa shape index (κ3) is 3.81. The van der Waals surface area contributed by atoms with Crippen molar-refractivity contribution < 1.29 is 14.4 Å². The van der Waals surface area contributed by atoms with E-state index in [1.165, 1.54) is 0 Å². The maximum atomic E-state index is 11.7. The van der Waals surface area contributed by atoms with Crippen LogP contribution in [0.4, 0.5) is 10.5 Å². The number of anilines is 1. The molecule has 0 aliphatic carbocycles. The number of nitrogens with one attached hydrogen (secondary N) is 1. The van der Waals surface area contributed by atoms with Gasteiger partial charge >= 0.3 is 6.09 Å². The third-order valence-corrected chi connectivity index (χ3v) is 3.72. The van der Waals surface area contributed by atoms with Crippen molar-refractivity contribution >= 4 is 29.1 Å². The van der Waals surface area contributed by atoms with Gasteiger partial charge in [0.2, 0.25) is 0 Å². The molecule has 0 spiro atoms. The lowest BCUT2D eigenvalue weighted by Crippen LogP contribution is -2.11. The quantitative estimate of drug-likeness (QED) is 0.520. The summed E-state index contributed by atoms with van der Waals surface area (Å²) < 4.78 is 5.46. The first-order chi connectivity index (χ1) is 11.1. The van der Waals surface area contributed by atoms with Gasteiger partial charge in [-0.1, -0.05) is 16.8 Å². The Morgan fingerprint density at radius 1 is 1.26 bits per heavy atom. The van der Waals surface area contributed by atoms with Crippen LogP contribution in [0.3, 0.4) is 0 Å². The predicted octanol–water partition coefficient (Wildman–Crippen LogP) is 4.25. The summed E-state index contributed by atoms with van der Waals surface area (Å²) in [4.78, 5) is 16.6. The normalized spacial score (nSPS) is 13.2. The monoisotopic (exact) mass is 330 g/mol. The van der Waals surface area contributed by atoms with Crippen molar-refractivity contribution in [3.63, 3.8) is 0 Å². The number of ether oxygens (including phenoxy) is 1. The molecule has 23 heavy (non-hydrogen) atoms. The molecular weight excluding hydrogens is 316 g/mol. The van der Waals surface area contributed by atoms with Crippen LogP contribution in [0.2, 0.25) is 5.02 Å². The van der Waals surface area contributed by atoms with Crippen LogP contribution >= 0.6 is 11.6 Å². The molecule has 1 aliphatic rings. The first-order valence-corrected chi connectivity index (χ1v) is 7.54. The van der Waals surface area contributed by atoms with E-state index in [0.29, 0.717) is 23.0 Å². The zero-order valence-corrected chi connectivity index (χ0v) is 13.3. The molecule has 0 saturated carbocycles. The van der Waals surface area contributed by atoms with Crippen LogP contribution in [0, 0.1) is 0 Å². The highest BCUT2D eigenvalue weighted by atomic mass is 35.5. The van der Waals surface area contributed by atoms with Crippen molar-refractivity contribution in [1.29, 1.82) is 0 Å². The summed E-state index contributed by atoms with van der Waals surface area (Å²) in [5.41, 5.74) is 3.24. The maximum absolute atomic E-state index is 11.7. The summed E-state index contributed by atoms with van der Waals surface area (Å²) in [6.07, 6.45) is 0.227. The first-order valence-electron chi connectivity index (χ1n) is 7.16. The number of carbonyl (C=O) groups is 1. The molecule has 118 valence electrons. The van der Waals surface area contributed by atoms with Crippen LogP contribution in [0.5, 0.6) is 5.75 Å². The number of fused-ring (bicyclic) bond motifs is 1. The largest absolute Gasteiger partial charge is 0.493 e. The van der Waals surface area contributed by atoms with Crippen LogP contribution in [0.1, 0.15) is 18.1 Å². The fourth-order valence-corrected chi connectivity index (χ4v) is 2.37. The van der Waals surface area contributed by atoms with Gasteiger partial charge in [0.15, 0.2) is 0 Å². The highest BCUT2D eigenvalue weighted by molar-refractivity contribution is 6.30. The average Bonchev–Trinajstić information content (AvgIpc) is 3.02. The van der Waals surface area contributed by atoms with E-state index in [1.807, 2.05) is 18.2 Å². The summed E-state index contributed by atoms with van der Waals surface area (Å²) in [6, 6.07) is 12.5. The van der Waals surface area contributed by atoms with Gasteiger partial charge in [0, 0.05) is 17.1 Å². The van der Waals surface area contributed by atoms with E-state index >= 15 is 0 Å². The number of hydrogen-bond acceptors (Lipinski definition) is 4. The number of halogens is 1. The van der Waals surface area contributed by atoms with Gasteiger partial charge in [-0.05, 0) is 60.5 Å². The highest BCUT2D eigenvalue weighted by Crippen LogP contribution is 2.26.